The second kappa shape index (κ2) is 9.54. The molecule has 142 valence electrons. The molecule has 2 unspecified atom stereocenters. The lowest BCUT2D eigenvalue weighted by Crippen LogP contribution is -2.41. The highest BCUT2D eigenvalue weighted by Gasteiger charge is 2.24. The van der Waals surface area contributed by atoms with E-state index in [-0.39, 0.29) is 12.1 Å². The van der Waals surface area contributed by atoms with E-state index < -0.39 is 0 Å². The maximum absolute atomic E-state index is 5.98. The second-order valence-electron chi connectivity index (χ2n) is 7.23. The van der Waals surface area contributed by atoms with Crippen molar-refractivity contribution >= 4 is 11.4 Å². The summed E-state index contributed by atoms with van der Waals surface area (Å²) >= 11 is 0. The number of piperidine rings is 1. The maximum Gasteiger partial charge on any atom is 0.0640 e. The van der Waals surface area contributed by atoms with Gasteiger partial charge < -0.3 is 20.9 Å². The van der Waals surface area contributed by atoms with Crippen LogP contribution in [0.1, 0.15) is 38.2 Å². The largest absolute Gasteiger partial charge is 0.405 e. The Kier molecular flexibility index (Phi) is 7.41. The number of hydrogen-bond acceptors (Lipinski definition) is 4. The van der Waals surface area contributed by atoms with Gasteiger partial charge in [-0.3, -0.25) is 0 Å². The number of likely N-dealkylation sites (N-methyl/N-ethyl adjacent to an activating group) is 2. The minimum Gasteiger partial charge on any atom is -0.405 e. The molecule has 2 atom stereocenters. The number of nitrogens with two attached hydrogens (primary N) is 1. The highest BCUT2D eigenvalue weighted by atomic mass is 15.2. The molecule has 1 aliphatic rings. The molecule has 0 saturated carbocycles. The van der Waals surface area contributed by atoms with Gasteiger partial charge in [0, 0.05) is 44.0 Å². The summed E-state index contributed by atoms with van der Waals surface area (Å²) in [7, 11) is 4.07. The van der Waals surface area contributed by atoms with Crippen LogP contribution in [0.25, 0.3) is 0 Å². The normalized spacial score (nSPS) is 17.5. The van der Waals surface area contributed by atoms with Crippen LogP contribution in [-0.2, 0) is 0 Å². The zero-order valence-electron chi connectivity index (χ0n) is 16.8. The standard InChI is InChI=1S/C22H34N4/c1-6-10-21(20(16-23)18(3)24-4)25(5)22-15-19(12-11-17(22)2)26-13-8-7-9-14-26/h1,11-12,15-16,18,21,24H,7-10,13-14,23H2,2-5H3/b20-16+. The van der Waals surface area contributed by atoms with Crippen molar-refractivity contribution in [1.82, 2.24) is 5.32 Å². The van der Waals surface area contributed by atoms with E-state index >= 15 is 0 Å². The number of rotatable bonds is 7. The van der Waals surface area contributed by atoms with E-state index in [4.69, 9.17) is 12.2 Å². The van der Waals surface area contributed by atoms with E-state index in [1.54, 1.807) is 6.20 Å². The van der Waals surface area contributed by atoms with Crippen LogP contribution in [0.5, 0.6) is 0 Å². The molecule has 1 heterocycles. The van der Waals surface area contributed by atoms with Gasteiger partial charge in [-0.1, -0.05) is 6.07 Å². The van der Waals surface area contributed by atoms with Crippen LogP contribution in [0.2, 0.25) is 0 Å². The Morgan fingerprint density at radius 3 is 2.65 bits per heavy atom. The van der Waals surface area contributed by atoms with Gasteiger partial charge in [0.2, 0.25) is 0 Å². The molecular weight excluding hydrogens is 320 g/mol. The molecule has 4 nitrogen and oxygen atoms in total. The topological polar surface area (TPSA) is 44.5 Å². The molecule has 26 heavy (non-hydrogen) atoms. The predicted molar refractivity (Wildman–Crippen MR) is 114 cm³/mol. The Bertz CT molecular complexity index is 653. The van der Waals surface area contributed by atoms with Crippen molar-refractivity contribution in [3.63, 3.8) is 0 Å². The highest BCUT2D eigenvalue weighted by Crippen LogP contribution is 2.31. The first-order valence-corrected chi connectivity index (χ1v) is 9.64. The second-order valence-corrected chi connectivity index (χ2v) is 7.23. The molecule has 1 saturated heterocycles. The summed E-state index contributed by atoms with van der Waals surface area (Å²) in [6.45, 7) is 6.56. The maximum atomic E-state index is 5.98. The minimum absolute atomic E-state index is 0.0720. The molecule has 0 amide bonds. The molecule has 0 spiro atoms. The van der Waals surface area contributed by atoms with Gasteiger partial charge in [-0.05, 0) is 69.6 Å². The third-order valence-electron chi connectivity index (χ3n) is 5.58. The van der Waals surface area contributed by atoms with Crippen LogP contribution >= 0.6 is 0 Å². The first kappa shape index (κ1) is 20.2. The predicted octanol–water partition coefficient (Wildman–Crippen LogP) is 3.26. The molecule has 1 aromatic carbocycles. The van der Waals surface area contributed by atoms with Gasteiger partial charge in [-0.2, -0.15) is 0 Å². The minimum atomic E-state index is 0.0720. The number of benzene rings is 1. The number of nitrogens with one attached hydrogen (secondary N) is 1. The Balaban J connectivity index is 2.35. The van der Waals surface area contributed by atoms with Gasteiger partial charge >= 0.3 is 0 Å². The van der Waals surface area contributed by atoms with Crippen molar-refractivity contribution < 1.29 is 0 Å². The van der Waals surface area contributed by atoms with E-state index in [2.05, 4.69) is 60.1 Å². The van der Waals surface area contributed by atoms with Crippen molar-refractivity contribution in [2.45, 2.75) is 51.6 Å². The van der Waals surface area contributed by atoms with Crippen LogP contribution in [0.3, 0.4) is 0 Å². The first-order chi connectivity index (χ1) is 12.5. The van der Waals surface area contributed by atoms with Crippen LogP contribution < -0.4 is 20.9 Å². The highest BCUT2D eigenvalue weighted by molar-refractivity contribution is 5.64. The first-order valence-electron chi connectivity index (χ1n) is 9.64. The van der Waals surface area contributed by atoms with E-state index in [0.29, 0.717) is 6.42 Å². The van der Waals surface area contributed by atoms with Gasteiger partial charge in [-0.15, -0.1) is 12.3 Å². The molecule has 2 rings (SSSR count). The lowest BCUT2D eigenvalue weighted by molar-refractivity contribution is 0.577. The van der Waals surface area contributed by atoms with Gasteiger partial charge in [0.15, 0.2) is 0 Å². The van der Waals surface area contributed by atoms with Crippen molar-refractivity contribution in [2.24, 2.45) is 5.73 Å². The van der Waals surface area contributed by atoms with Crippen molar-refractivity contribution in [3.8, 4) is 12.3 Å². The third-order valence-corrected chi connectivity index (χ3v) is 5.58. The molecule has 3 N–H and O–H groups in total. The van der Waals surface area contributed by atoms with Crippen molar-refractivity contribution in [2.75, 3.05) is 37.0 Å². The summed E-state index contributed by atoms with van der Waals surface area (Å²) in [5.74, 6) is 2.83. The molecular formula is C22H34N4. The average Bonchev–Trinajstić information content (AvgIpc) is 2.68. The quantitative estimate of drug-likeness (QED) is 0.738. The van der Waals surface area contributed by atoms with Crippen molar-refractivity contribution in [1.29, 1.82) is 0 Å². The number of terminal acetylenes is 1. The van der Waals surface area contributed by atoms with Gasteiger partial charge in [0.1, 0.15) is 0 Å². The zero-order valence-corrected chi connectivity index (χ0v) is 16.8. The fourth-order valence-corrected chi connectivity index (χ4v) is 3.80. The van der Waals surface area contributed by atoms with E-state index in [1.807, 2.05) is 7.05 Å². The Morgan fingerprint density at radius 2 is 2.08 bits per heavy atom. The van der Waals surface area contributed by atoms with Gasteiger partial charge in [0.25, 0.3) is 0 Å². The van der Waals surface area contributed by atoms with E-state index in [0.717, 1.165) is 18.7 Å². The Hall–Kier alpha value is -2.12. The van der Waals surface area contributed by atoms with Gasteiger partial charge in [0.05, 0.1) is 6.04 Å². The number of aryl methyl sites for hydroxylation is 1. The van der Waals surface area contributed by atoms with Crippen molar-refractivity contribution in [3.05, 3.63) is 35.5 Å². The zero-order chi connectivity index (χ0) is 19.1. The monoisotopic (exact) mass is 354 g/mol. The third kappa shape index (κ3) is 4.53. The summed E-state index contributed by atoms with van der Waals surface area (Å²) < 4.78 is 0. The molecule has 1 aromatic rings. The number of nitrogens with zero attached hydrogens (tertiary/aromatic N) is 2. The van der Waals surface area contributed by atoms with Crippen LogP contribution in [-0.4, -0.2) is 39.3 Å². The lowest BCUT2D eigenvalue weighted by atomic mass is 9.96. The molecule has 0 bridgehead atoms. The summed E-state index contributed by atoms with van der Waals surface area (Å²) in [4.78, 5) is 4.78. The van der Waals surface area contributed by atoms with Crippen LogP contribution in [0.4, 0.5) is 11.4 Å². The molecule has 0 aromatic heterocycles. The van der Waals surface area contributed by atoms with Gasteiger partial charge in [-0.25, -0.2) is 0 Å². The average molecular weight is 355 g/mol. The van der Waals surface area contributed by atoms with Crippen LogP contribution in [0.15, 0.2) is 30.0 Å². The summed E-state index contributed by atoms with van der Waals surface area (Å²) in [5, 5.41) is 3.29. The molecule has 0 aliphatic carbocycles. The molecule has 1 fully saturated rings. The molecule has 1 aliphatic heterocycles. The summed E-state index contributed by atoms with van der Waals surface area (Å²) in [6.07, 6.45) is 11.9. The number of anilines is 2. The van der Waals surface area contributed by atoms with E-state index in [9.17, 15) is 0 Å². The fraction of sp³-hybridized carbons (Fsp3) is 0.545. The van der Waals surface area contributed by atoms with E-state index in [1.165, 1.54) is 36.2 Å². The summed E-state index contributed by atoms with van der Waals surface area (Å²) in [5.41, 5.74) is 10.9. The van der Waals surface area contributed by atoms with Crippen LogP contribution in [0, 0.1) is 19.3 Å². The number of hydrogen-bond donors (Lipinski definition) is 2. The lowest BCUT2D eigenvalue weighted by Gasteiger charge is -2.35. The molecule has 0 radical (unpaired) electrons. The Morgan fingerprint density at radius 1 is 1.38 bits per heavy atom. The summed E-state index contributed by atoms with van der Waals surface area (Å²) in [6, 6.07) is 7.01. The smallest absolute Gasteiger partial charge is 0.0640 e. The SMILES string of the molecule is C#CCC(/C(=C/N)C(C)NC)N(C)c1cc(N2CCCCC2)ccc1C. The Labute approximate surface area is 159 Å². The molecule has 4 heteroatoms. The fourth-order valence-electron chi connectivity index (χ4n) is 3.80.